The van der Waals surface area contributed by atoms with Crippen LogP contribution in [0.2, 0.25) is 0 Å². The van der Waals surface area contributed by atoms with Gasteiger partial charge in [-0.3, -0.25) is 0 Å². The van der Waals surface area contributed by atoms with Gasteiger partial charge >= 0.3 is 0 Å². The smallest absolute Gasteiger partial charge is 0.154 e. The van der Waals surface area contributed by atoms with Crippen LogP contribution >= 0.6 is 0 Å². The van der Waals surface area contributed by atoms with Crippen LogP contribution in [0.4, 0.5) is 5.82 Å². The van der Waals surface area contributed by atoms with Gasteiger partial charge in [0.15, 0.2) is 5.82 Å². The Bertz CT molecular complexity index is 875. The molecule has 1 aliphatic rings. The molecule has 3 aromatic rings. The summed E-state index contributed by atoms with van der Waals surface area (Å²) in [6.45, 7) is 8.35. The van der Waals surface area contributed by atoms with Gasteiger partial charge in [-0.25, -0.2) is 9.97 Å². The molecule has 0 aliphatic carbocycles. The molecule has 1 unspecified atom stereocenters. The molecular formula is C19H26N5O+. The van der Waals surface area contributed by atoms with E-state index in [9.17, 15) is 0 Å². The molecule has 0 amide bonds. The van der Waals surface area contributed by atoms with Gasteiger partial charge in [0, 0.05) is 23.7 Å². The van der Waals surface area contributed by atoms with Gasteiger partial charge in [0.05, 0.1) is 26.2 Å². The Kier molecular flexibility index (Phi) is 4.44. The Morgan fingerprint density at radius 2 is 2.24 bits per heavy atom. The lowest BCUT2D eigenvalue weighted by molar-refractivity contribution is -0.908. The topological polar surface area (TPSA) is 67.3 Å². The van der Waals surface area contributed by atoms with Crippen LogP contribution < -0.4 is 15.0 Å². The maximum Gasteiger partial charge on any atom is 0.154 e. The molecule has 2 atom stereocenters. The minimum atomic E-state index is 0.660. The van der Waals surface area contributed by atoms with Crippen LogP contribution in [0, 0.1) is 0 Å². The first-order chi connectivity index (χ1) is 12.3. The first kappa shape index (κ1) is 16.1. The number of ether oxygens (including phenoxy) is 1. The van der Waals surface area contributed by atoms with Gasteiger partial charge < -0.3 is 19.9 Å². The highest BCUT2D eigenvalue weighted by molar-refractivity contribution is 6.08. The largest absolute Gasteiger partial charge is 0.494 e. The van der Waals surface area contributed by atoms with E-state index in [1.54, 1.807) is 11.2 Å². The molecule has 2 aromatic heterocycles. The van der Waals surface area contributed by atoms with Crippen molar-refractivity contribution >= 4 is 27.8 Å². The van der Waals surface area contributed by atoms with Crippen molar-refractivity contribution in [3.05, 3.63) is 24.5 Å². The molecule has 0 spiro atoms. The molecule has 6 heteroatoms. The second-order valence-electron chi connectivity index (χ2n) is 6.69. The van der Waals surface area contributed by atoms with Crippen molar-refractivity contribution < 1.29 is 9.64 Å². The number of benzene rings is 1. The van der Waals surface area contributed by atoms with Crippen LogP contribution in [0.5, 0.6) is 5.75 Å². The van der Waals surface area contributed by atoms with E-state index in [0.29, 0.717) is 12.6 Å². The molecule has 25 heavy (non-hydrogen) atoms. The molecule has 3 heterocycles. The summed E-state index contributed by atoms with van der Waals surface area (Å²) in [6.07, 6.45) is 4.25. The molecule has 1 aromatic carbocycles. The number of anilines is 1. The van der Waals surface area contributed by atoms with Crippen molar-refractivity contribution in [2.24, 2.45) is 0 Å². The standard InChI is InChI=1S/C19H25N5O/c1-3-24-9-5-6-13(24)11-20-19-18-17(21-12-22-19)15-10-14(25-4-2)7-8-16(15)23-18/h7-8,10,12-13,23H,3-6,9,11H2,1-2H3,(H,20,21,22)/p+1/t13-/m0/s1. The maximum atomic E-state index is 5.63. The fourth-order valence-corrected chi connectivity index (χ4v) is 3.98. The zero-order valence-corrected chi connectivity index (χ0v) is 14.9. The summed E-state index contributed by atoms with van der Waals surface area (Å²) in [5.41, 5.74) is 2.98. The van der Waals surface area contributed by atoms with E-state index in [1.807, 2.05) is 25.1 Å². The van der Waals surface area contributed by atoms with Crippen LogP contribution in [-0.2, 0) is 0 Å². The third-order valence-electron chi connectivity index (χ3n) is 5.26. The molecule has 0 saturated carbocycles. The second-order valence-corrected chi connectivity index (χ2v) is 6.69. The minimum absolute atomic E-state index is 0.660. The van der Waals surface area contributed by atoms with Crippen molar-refractivity contribution in [3.63, 3.8) is 0 Å². The highest BCUT2D eigenvalue weighted by Crippen LogP contribution is 2.30. The van der Waals surface area contributed by atoms with Crippen LogP contribution in [-0.4, -0.2) is 47.2 Å². The average molecular weight is 340 g/mol. The zero-order valence-electron chi connectivity index (χ0n) is 14.9. The molecule has 4 rings (SSSR count). The fourth-order valence-electron chi connectivity index (χ4n) is 3.98. The van der Waals surface area contributed by atoms with E-state index in [2.05, 4.69) is 27.2 Å². The molecular weight excluding hydrogens is 314 g/mol. The number of fused-ring (bicyclic) bond motifs is 3. The number of rotatable bonds is 6. The summed E-state index contributed by atoms with van der Waals surface area (Å²) >= 11 is 0. The van der Waals surface area contributed by atoms with E-state index >= 15 is 0 Å². The molecule has 1 aliphatic heterocycles. The summed E-state index contributed by atoms with van der Waals surface area (Å²) in [6, 6.07) is 6.76. The lowest BCUT2D eigenvalue weighted by Crippen LogP contribution is -3.14. The number of quaternary nitrogens is 1. The van der Waals surface area contributed by atoms with Gasteiger partial charge in [-0.1, -0.05) is 0 Å². The van der Waals surface area contributed by atoms with Crippen molar-refractivity contribution in [1.82, 2.24) is 15.0 Å². The highest BCUT2D eigenvalue weighted by atomic mass is 16.5. The molecule has 6 nitrogen and oxygen atoms in total. The molecule has 1 fully saturated rings. The molecule has 132 valence electrons. The fraction of sp³-hybridized carbons (Fsp3) is 0.474. The number of aromatic nitrogens is 3. The summed E-state index contributed by atoms with van der Waals surface area (Å²) in [5, 5.41) is 4.64. The highest BCUT2D eigenvalue weighted by Gasteiger charge is 2.27. The van der Waals surface area contributed by atoms with Gasteiger partial charge in [-0.2, -0.15) is 0 Å². The van der Waals surface area contributed by atoms with Crippen molar-refractivity contribution in [3.8, 4) is 5.75 Å². The Morgan fingerprint density at radius 1 is 1.32 bits per heavy atom. The molecule has 1 saturated heterocycles. The normalized spacial score (nSPS) is 20.4. The lowest BCUT2D eigenvalue weighted by atomic mass is 10.2. The predicted octanol–water partition coefficient (Wildman–Crippen LogP) is 1.99. The van der Waals surface area contributed by atoms with Gasteiger partial charge in [0.1, 0.15) is 29.2 Å². The van der Waals surface area contributed by atoms with E-state index in [-0.39, 0.29) is 0 Å². The Morgan fingerprint density at radius 3 is 3.08 bits per heavy atom. The van der Waals surface area contributed by atoms with Crippen molar-refractivity contribution in [2.45, 2.75) is 32.7 Å². The number of likely N-dealkylation sites (tertiary alicyclic amines) is 1. The van der Waals surface area contributed by atoms with Gasteiger partial charge in [-0.15, -0.1) is 0 Å². The Labute approximate surface area is 147 Å². The van der Waals surface area contributed by atoms with E-state index in [0.717, 1.165) is 40.0 Å². The predicted molar refractivity (Wildman–Crippen MR) is 100 cm³/mol. The average Bonchev–Trinajstić information content (AvgIpc) is 3.24. The SMILES string of the molecule is CCOc1ccc2[nH]c3c(NC[C@@H]4CCC[NH+]4CC)ncnc3c2c1. The quantitative estimate of drug-likeness (QED) is 0.642. The summed E-state index contributed by atoms with van der Waals surface area (Å²) in [4.78, 5) is 14.1. The first-order valence-electron chi connectivity index (χ1n) is 9.27. The monoisotopic (exact) mass is 340 g/mol. The molecule has 3 N–H and O–H groups in total. The zero-order chi connectivity index (χ0) is 17.2. The van der Waals surface area contributed by atoms with Crippen LogP contribution in [0.15, 0.2) is 24.5 Å². The number of likely N-dealkylation sites (N-methyl/N-ethyl adjacent to an activating group) is 1. The van der Waals surface area contributed by atoms with Crippen LogP contribution in [0.25, 0.3) is 21.9 Å². The third-order valence-corrected chi connectivity index (χ3v) is 5.26. The number of aromatic amines is 1. The number of hydrogen-bond donors (Lipinski definition) is 3. The summed E-state index contributed by atoms with van der Waals surface area (Å²) in [7, 11) is 0. The maximum absolute atomic E-state index is 5.63. The Balaban J connectivity index is 1.64. The van der Waals surface area contributed by atoms with E-state index < -0.39 is 0 Å². The number of hydrogen-bond acceptors (Lipinski definition) is 4. The number of nitrogens with zero attached hydrogens (tertiary/aromatic N) is 2. The summed E-state index contributed by atoms with van der Waals surface area (Å²) < 4.78 is 5.63. The number of nitrogens with one attached hydrogen (secondary N) is 3. The molecule has 0 bridgehead atoms. The van der Waals surface area contributed by atoms with Crippen LogP contribution in [0.3, 0.4) is 0 Å². The second kappa shape index (κ2) is 6.88. The lowest BCUT2D eigenvalue weighted by Gasteiger charge is -2.20. The first-order valence-corrected chi connectivity index (χ1v) is 9.27. The van der Waals surface area contributed by atoms with Gasteiger partial charge in [0.25, 0.3) is 0 Å². The van der Waals surface area contributed by atoms with Crippen molar-refractivity contribution in [2.75, 3.05) is 31.6 Å². The number of H-pyrrole nitrogens is 1. The van der Waals surface area contributed by atoms with Crippen molar-refractivity contribution in [1.29, 1.82) is 0 Å². The Hall–Kier alpha value is -2.34. The van der Waals surface area contributed by atoms with Crippen LogP contribution in [0.1, 0.15) is 26.7 Å². The van der Waals surface area contributed by atoms with E-state index in [1.165, 1.54) is 25.9 Å². The third kappa shape index (κ3) is 3.02. The molecule has 0 radical (unpaired) electrons. The van der Waals surface area contributed by atoms with E-state index in [4.69, 9.17) is 4.74 Å². The van der Waals surface area contributed by atoms with Gasteiger partial charge in [0.2, 0.25) is 0 Å². The summed E-state index contributed by atoms with van der Waals surface area (Å²) in [5.74, 6) is 1.76. The minimum Gasteiger partial charge on any atom is -0.494 e. The van der Waals surface area contributed by atoms with Gasteiger partial charge in [-0.05, 0) is 32.0 Å².